The third-order valence-corrected chi connectivity index (χ3v) is 5.46. The molecule has 1 aromatic heterocycles. The second kappa shape index (κ2) is 5.95. The van der Waals surface area contributed by atoms with E-state index in [1.807, 2.05) is 26.0 Å². The predicted octanol–water partition coefficient (Wildman–Crippen LogP) is 2.89. The molecule has 2 rings (SSSR count). The number of nitrogens with one attached hydrogen (secondary N) is 2. The van der Waals surface area contributed by atoms with Crippen LogP contribution in [-0.4, -0.2) is 15.5 Å². The van der Waals surface area contributed by atoms with Crippen LogP contribution in [0.1, 0.15) is 16.0 Å². The van der Waals surface area contributed by atoms with Crippen molar-refractivity contribution in [3.63, 3.8) is 0 Å². The first-order chi connectivity index (χ1) is 9.44. The van der Waals surface area contributed by atoms with Crippen molar-refractivity contribution in [2.24, 2.45) is 0 Å². The Kier molecular flexibility index (Phi) is 4.47. The second-order valence-electron chi connectivity index (χ2n) is 4.66. The third-order valence-electron chi connectivity index (χ3n) is 2.96. The zero-order chi connectivity index (χ0) is 14.8. The van der Waals surface area contributed by atoms with Gasteiger partial charge in [0.05, 0.1) is 5.69 Å². The molecule has 0 aliphatic heterocycles. The molecule has 0 bridgehead atoms. The van der Waals surface area contributed by atoms with E-state index >= 15 is 0 Å². The lowest BCUT2D eigenvalue weighted by Gasteiger charge is -2.11. The largest absolute Gasteiger partial charge is 0.315 e. The minimum absolute atomic E-state index is 0.344. The highest BCUT2D eigenvalue weighted by Gasteiger charge is 2.20. The van der Waals surface area contributed by atoms with E-state index in [0.29, 0.717) is 17.1 Å². The van der Waals surface area contributed by atoms with Crippen LogP contribution >= 0.6 is 11.3 Å². The van der Waals surface area contributed by atoms with Crippen molar-refractivity contribution in [3.05, 3.63) is 45.6 Å². The zero-order valence-electron chi connectivity index (χ0n) is 11.7. The first-order valence-electron chi connectivity index (χ1n) is 6.25. The van der Waals surface area contributed by atoms with Crippen LogP contribution in [0.25, 0.3) is 0 Å². The van der Waals surface area contributed by atoms with E-state index in [2.05, 4.69) is 10.0 Å². The molecule has 0 unspecified atom stereocenters. The molecule has 0 spiro atoms. The summed E-state index contributed by atoms with van der Waals surface area (Å²) < 4.78 is 27.6. The monoisotopic (exact) mass is 310 g/mol. The zero-order valence-corrected chi connectivity index (χ0v) is 13.4. The molecule has 0 radical (unpaired) electrons. The van der Waals surface area contributed by atoms with Gasteiger partial charge in [-0.2, -0.15) is 0 Å². The van der Waals surface area contributed by atoms with Gasteiger partial charge in [-0.05, 0) is 44.0 Å². The summed E-state index contributed by atoms with van der Waals surface area (Å²) in [4.78, 5) is 1.15. The lowest BCUT2D eigenvalue weighted by Crippen LogP contribution is -2.16. The van der Waals surface area contributed by atoms with Gasteiger partial charge in [0.2, 0.25) is 0 Å². The first kappa shape index (κ1) is 15.0. The van der Waals surface area contributed by atoms with E-state index in [-0.39, 0.29) is 0 Å². The quantitative estimate of drug-likeness (QED) is 0.893. The summed E-state index contributed by atoms with van der Waals surface area (Å²) in [7, 11) is -1.74. The van der Waals surface area contributed by atoms with Crippen LogP contribution in [0.15, 0.2) is 34.5 Å². The standard InChI is InChI=1S/C14H18N2O2S2/c1-10-4-5-12(11(2)8-10)16-20(17,18)14-6-7-19-13(14)9-15-3/h4-8,15-16H,9H2,1-3H3. The maximum absolute atomic E-state index is 12.5. The normalized spacial score (nSPS) is 11.6. The van der Waals surface area contributed by atoms with Gasteiger partial charge in [-0.25, -0.2) is 8.42 Å². The maximum Gasteiger partial charge on any atom is 0.263 e. The molecule has 2 aromatic rings. The van der Waals surface area contributed by atoms with Gasteiger partial charge in [0.15, 0.2) is 0 Å². The number of sulfonamides is 1. The molecule has 0 fully saturated rings. The number of aryl methyl sites for hydroxylation is 2. The first-order valence-corrected chi connectivity index (χ1v) is 8.61. The minimum Gasteiger partial charge on any atom is -0.315 e. The Morgan fingerprint density at radius 2 is 1.95 bits per heavy atom. The summed E-state index contributed by atoms with van der Waals surface area (Å²) in [6.45, 7) is 4.42. The molecule has 0 aliphatic carbocycles. The summed E-state index contributed by atoms with van der Waals surface area (Å²) in [6, 6.07) is 7.29. The highest BCUT2D eigenvalue weighted by atomic mass is 32.2. The lowest BCUT2D eigenvalue weighted by molar-refractivity contribution is 0.600. The van der Waals surface area contributed by atoms with E-state index in [1.165, 1.54) is 11.3 Å². The van der Waals surface area contributed by atoms with Crippen molar-refractivity contribution in [1.29, 1.82) is 0 Å². The summed E-state index contributed by atoms with van der Waals surface area (Å²) >= 11 is 1.44. The molecule has 0 amide bonds. The molecule has 1 heterocycles. The second-order valence-corrected chi connectivity index (χ2v) is 7.31. The Labute approximate surface area is 123 Å². The number of benzene rings is 1. The number of hydrogen-bond acceptors (Lipinski definition) is 4. The van der Waals surface area contributed by atoms with Crippen molar-refractivity contribution in [2.75, 3.05) is 11.8 Å². The number of thiophene rings is 1. The van der Waals surface area contributed by atoms with Crippen molar-refractivity contribution in [2.45, 2.75) is 25.3 Å². The van der Waals surface area contributed by atoms with E-state index in [4.69, 9.17) is 0 Å². The molecular formula is C14H18N2O2S2. The molecule has 2 N–H and O–H groups in total. The van der Waals surface area contributed by atoms with Gasteiger partial charge in [0, 0.05) is 11.4 Å². The molecule has 1 aromatic carbocycles. The number of hydrogen-bond donors (Lipinski definition) is 2. The topological polar surface area (TPSA) is 58.2 Å². The summed E-state index contributed by atoms with van der Waals surface area (Å²) in [5, 5.41) is 4.78. The molecule has 6 heteroatoms. The van der Waals surface area contributed by atoms with Crippen LogP contribution in [0.5, 0.6) is 0 Å². The molecule has 108 valence electrons. The Morgan fingerprint density at radius 1 is 1.20 bits per heavy atom. The maximum atomic E-state index is 12.5. The Hall–Kier alpha value is -1.37. The van der Waals surface area contributed by atoms with Crippen LogP contribution in [0.3, 0.4) is 0 Å². The summed E-state index contributed by atoms with van der Waals surface area (Å²) in [5.41, 5.74) is 2.65. The Balaban J connectivity index is 2.33. The van der Waals surface area contributed by atoms with E-state index in [9.17, 15) is 8.42 Å². The molecule has 0 atom stereocenters. The highest BCUT2D eigenvalue weighted by molar-refractivity contribution is 7.93. The number of anilines is 1. The third kappa shape index (κ3) is 3.20. The summed E-state index contributed by atoms with van der Waals surface area (Å²) in [5.74, 6) is 0. The van der Waals surface area contributed by atoms with Crippen LogP contribution in [0.4, 0.5) is 5.69 Å². The SMILES string of the molecule is CNCc1sccc1S(=O)(=O)Nc1ccc(C)cc1C. The molecule has 20 heavy (non-hydrogen) atoms. The Morgan fingerprint density at radius 3 is 2.60 bits per heavy atom. The van der Waals surface area contributed by atoms with Gasteiger partial charge < -0.3 is 5.32 Å². The molecule has 0 saturated carbocycles. The minimum atomic E-state index is -3.54. The Bertz CT molecular complexity index is 706. The molecular weight excluding hydrogens is 292 g/mol. The van der Waals surface area contributed by atoms with E-state index in [0.717, 1.165) is 16.0 Å². The number of rotatable bonds is 5. The van der Waals surface area contributed by atoms with E-state index in [1.54, 1.807) is 24.6 Å². The van der Waals surface area contributed by atoms with Gasteiger partial charge in [0.1, 0.15) is 4.90 Å². The van der Waals surface area contributed by atoms with E-state index < -0.39 is 10.0 Å². The fraction of sp³-hybridized carbons (Fsp3) is 0.286. The van der Waals surface area contributed by atoms with Crippen LogP contribution in [-0.2, 0) is 16.6 Å². The van der Waals surface area contributed by atoms with Crippen LogP contribution in [0.2, 0.25) is 0 Å². The molecule has 0 saturated heterocycles. The van der Waals surface area contributed by atoms with Crippen molar-refractivity contribution in [3.8, 4) is 0 Å². The van der Waals surface area contributed by atoms with Gasteiger partial charge in [-0.3, -0.25) is 4.72 Å². The van der Waals surface area contributed by atoms with Gasteiger partial charge in [0.25, 0.3) is 10.0 Å². The van der Waals surface area contributed by atoms with Gasteiger partial charge in [-0.1, -0.05) is 17.7 Å². The average Bonchev–Trinajstić information content (AvgIpc) is 2.82. The van der Waals surface area contributed by atoms with Gasteiger partial charge >= 0.3 is 0 Å². The highest BCUT2D eigenvalue weighted by Crippen LogP contribution is 2.25. The summed E-state index contributed by atoms with van der Waals surface area (Å²) in [6.07, 6.45) is 0. The van der Waals surface area contributed by atoms with Crippen molar-refractivity contribution < 1.29 is 8.42 Å². The van der Waals surface area contributed by atoms with Crippen LogP contribution in [0, 0.1) is 13.8 Å². The van der Waals surface area contributed by atoms with Crippen LogP contribution < -0.4 is 10.0 Å². The predicted molar refractivity (Wildman–Crippen MR) is 83.8 cm³/mol. The smallest absolute Gasteiger partial charge is 0.263 e. The van der Waals surface area contributed by atoms with Crippen molar-refractivity contribution >= 4 is 27.0 Å². The van der Waals surface area contributed by atoms with Crippen molar-refractivity contribution in [1.82, 2.24) is 5.32 Å². The lowest BCUT2D eigenvalue weighted by atomic mass is 10.1. The fourth-order valence-corrected chi connectivity index (χ4v) is 4.57. The van der Waals surface area contributed by atoms with Gasteiger partial charge in [-0.15, -0.1) is 11.3 Å². The average molecular weight is 310 g/mol. The molecule has 0 aliphatic rings. The fourth-order valence-electron chi connectivity index (χ4n) is 1.99. The molecule has 4 nitrogen and oxygen atoms in total.